The normalized spacial score (nSPS) is 30.0. The van der Waals surface area contributed by atoms with E-state index in [-0.39, 0.29) is 0 Å². The lowest BCUT2D eigenvalue weighted by molar-refractivity contribution is -0.296. The Morgan fingerprint density at radius 2 is 1.76 bits per heavy atom. The monoisotopic (exact) mass is 566 g/mol. The van der Waals surface area contributed by atoms with Crippen molar-refractivity contribution in [3.05, 3.63) is 27.4 Å². The molecule has 15 nitrogen and oxygen atoms in total. The maximum Gasteiger partial charge on any atom is 0.490 e. The van der Waals surface area contributed by atoms with Gasteiger partial charge in [-0.25, -0.2) is 13.7 Å². The highest BCUT2D eigenvalue weighted by molar-refractivity contribution is 7.71. The minimum absolute atomic E-state index is 0.545. The lowest BCUT2D eigenvalue weighted by Gasteiger charge is -2.36. The van der Waals surface area contributed by atoms with Gasteiger partial charge in [-0.3, -0.25) is 14.3 Å². The minimum Gasteiger partial charge on any atom is -0.389 e. The molecule has 3 unspecified atom stereocenters. The maximum absolute atomic E-state index is 13.7. The molecule has 0 aliphatic heterocycles. The van der Waals surface area contributed by atoms with Crippen LogP contribution in [0.15, 0.2) is 17.1 Å². The van der Waals surface area contributed by atoms with E-state index in [0.29, 0.717) is 4.57 Å². The second-order valence-corrected chi connectivity index (χ2v) is 11.5. The summed E-state index contributed by atoms with van der Waals surface area (Å²) in [5.74, 6) is -1.76. The number of nitrogens with zero attached hydrogens (tertiary/aromatic N) is 1. The Kier molecular flexibility index (Phi) is 8.06. The van der Waals surface area contributed by atoms with Gasteiger partial charge in [0, 0.05) is 18.2 Å². The van der Waals surface area contributed by atoms with E-state index in [1.807, 2.05) is 4.98 Å². The quantitative estimate of drug-likeness (QED) is 0.167. The van der Waals surface area contributed by atoms with E-state index >= 15 is 0 Å². The summed E-state index contributed by atoms with van der Waals surface area (Å²) in [4.78, 5) is 48.8. The van der Waals surface area contributed by atoms with Crippen LogP contribution < -0.4 is 5.56 Å². The van der Waals surface area contributed by atoms with Crippen LogP contribution in [-0.2, 0) is 26.8 Å². The Labute approximate surface area is 185 Å². The van der Waals surface area contributed by atoms with Crippen molar-refractivity contribution < 1.29 is 69.8 Å². The molecule has 1 fully saturated rings. The lowest BCUT2D eigenvalue weighted by atomic mass is 9.93. The maximum atomic E-state index is 13.7. The first-order valence-corrected chi connectivity index (χ1v) is 13.2. The lowest BCUT2D eigenvalue weighted by Crippen LogP contribution is -2.57. The smallest absolute Gasteiger partial charge is 0.389 e. The van der Waals surface area contributed by atoms with Gasteiger partial charge in [0.15, 0.2) is 4.77 Å². The van der Waals surface area contributed by atoms with Crippen LogP contribution in [0.3, 0.4) is 0 Å². The summed E-state index contributed by atoms with van der Waals surface area (Å²) in [5.41, 5.74) is -4.65. The van der Waals surface area contributed by atoms with Gasteiger partial charge in [-0.2, -0.15) is 21.8 Å². The zero-order valence-electron chi connectivity index (χ0n) is 15.7. The summed E-state index contributed by atoms with van der Waals surface area (Å²) in [6, 6.07) is -1.26. The molecule has 1 aliphatic carbocycles. The molecule has 0 amide bonds. The molecule has 190 valence electrons. The molecule has 0 aromatic carbocycles. The van der Waals surface area contributed by atoms with Gasteiger partial charge in [0.2, 0.25) is 5.60 Å². The molecule has 0 bridgehead atoms. The molecule has 22 heteroatoms. The Hall–Kier alpha value is -0.780. The third kappa shape index (κ3) is 6.67. The molecule has 1 aliphatic rings. The number of phosphoric acid groups is 3. The number of hydrogen-bond acceptors (Lipinski definition) is 10. The van der Waals surface area contributed by atoms with Crippen molar-refractivity contribution in [3.63, 3.8) is 0 Å². The number of aliphatic hydroxyl groups excluding tert-OH is 1. The van der Waals surface area contributed by atoms with E-state index in [1.165, 1.54) is 0 Å². The van der Waals surface area contributed by atoms with Crippen molar-refractivity contribution >= 4 is 35.7 Å². The third-order valence-corrected chi connectivity index (χ3v) is 8.56. The highest BCUT2D eigenvalue weighted by Crippen LogP contribution is 2.66. The fourth-order valence-electron chi connectivity index (χ4n) is 3.16. The van der Waals surface area contributed by atoms with E-state index in [4.69, 9.17) is 26.9 Å². The van der Waals surface area contributed by atoms with Crippen molar-refractivity contribution in [1.29, 1.82) is 0 Å². The molecular formula is C11H16F3N2O13P3S. The van der Waals surface area contributed by atoms with Crippen molar-refractivity contribution in [3.8, 4) is 0 Å². The number of aliphatic hydroxyl groups is 2. The second kappa shape index (κ2) is 9.35. The van der Waals surface area contributed by atoms with Crippen LogP contribution in [0.5, 0.6) is 0 Å². The minimum atomic E-state index is -5.88. The number of nitrogens with one attached hydrogen (secondary N) is 1. The molecule has 7 N–H and O–H groups in total. The fraction of sp³-hybridized carbons (Fsp3) is 0.636. The van der Waals surface area contributed by atoms with Gasteiger partial charge in [-0.05, 0) is 18.6 Å². The van der Waals surface area contributed by atoms with Crippen LogP contribution in [0.1, 0.15) is 12.5 Å². The van der Waals surface area contributed by atoms with Gasteiger partial charge in [-0.15, -0.1) is 0 Å². The number of aromatic amines is 1. The molecule has 1 aromatic heterocycles. The van der Waals surface area contributed by atoms with Crippen LogP contribution in [0.25, 0.3) is 0 Å². The predicted molar refractivity (Wildman–Crippen MR) is 99.9 cm³/mol. The molecule has 0 radical (unpaired) electrons. The Morgan fingerprint density at radius 1 is 1.18 bits per heavy atom. The highest BCUT2D eigenvalue weighted by Gasteiger charge is 2.69. The van der Waals surface area contributed by atoms with Crippen LogP contribution in [0, 0.1) is 10.7 Å². The Bertz CT molecular complexity index is 1150. The molecule has 0 spiro atoms. The van der Waals surface area contributed by atoms with Gasteiger partial charge in [0.25, 0.3) is 5.56 Å². The molecule has 33 heavy (non-hydrogen) atoms. The summed E-state index contributed by atoms with van der Waals surface area (Å²) >= 11 is 4.78. The van der Waals surface area contributed by atoms with Gasteiger partial charge in [0.05, 0.1) is 18.8 Å². The first-order chi connectivity index (χ1) is 14.7. The van der Waals surface area contributed by atoms with Gasteiger partial charge in [-0.1, -0.05) is 0 Å². The summed E-state index contributed by atoms with van der Waals surface area (Å²) in [6.45, 7) is -1.28. The summed E-state index contributed by atoms with van der Waals surface area (Å²) in [5, 5.41) is 20.6. The second-order valence-electron chi connectivity index (χ2n) is 6.68. The number of halogens is 3. The molecule has 1 aromatic rings. The van der Waals surface area contributed by atoms with Gasteiger partial charge in [0.1, 0.15) is 0 Å². The summed E-state index contributed by atoms with van der Waals surface area (Å²) in [7, 11) is -17.3. The number of alkyl halides is 3. The van der Waals surface area contributed by atoms with E-state index in [9.17, 15) is 46.8 Å². The first-order valence-electron chi connectivity index (χ1n) is 8.25. The number of rotatable bonds is 8. The average molecular weight is 566 g/mol. The van der Waals surface area contributed by atoms with Crippen molar-refractivity contribution in [2.75, 3.05) is 6.61 Å². The van der Waals surface area contributed by atoms with Gasteiger partial charge >= 0.3 is 29.6 Å². The predicted octanol–water partition coefficient (Wildman–Crippen LogP) is 0.464. The van der Waals surface area contributed by atoms with Crippen LogP contribution in [0.4, 0.5) is 13.2 Å². The third-order valence-electron chi connectivity index (χ3n) is 4.44. The largest absolute Gasteiger partial charge is 0.490 e. The molecule has 1 heterocycles. The highest BCUT2D eigenvalue weighted by atomic mass is 32.1. The fourth-order valence-corrected chi connectivity index (χ4v) is 6.52. The number of phosphoric ester groups is 1. The standard InChI is InChI=1S/C11H16F3N2O13P3S/c12-11(13,14)10(19)6(16-2-1-7(17)15-9(16)33)3-5(8(10)18)4-27-31(23,24)29-32(25,26)28-30(20,21)22/h1-2,5-6,8,18-19H,3-4H2,(H,23,24)(H,25,26)(H,15,17,33)(H2,20,21,22)/t5-,6-,8+,10?/m1/s1. The van der Waals surface area contributed by atoms with Crippen molar-refractivity contribution in [2.45, 2.75) is 30.3 Å². The zero-order valence-corrected chi connectivity index (χ0v) is 19.2. The van der Waals surface area contributed by atoms with Gasteiger partial charge < -0.3 is 34.4 Å². The molecule has 6 atom stereocenters. The molecule has 1 saturated carbocycles. The summed E-state index contributed by atoms with van der Waals surface area (Å²) < 4.78 is 86.1. The molecule has 0 saturated heterocycles. The Morgan fingerprint density at radius 3 is 2.24 bits per heavy atom. The molecule has 2 rings (SSSR count). The first kappa shape index (κ1) is 28.5. The van der Waals surface area contributed by atoms with E-state index in [0.717, 1.165) is 12.3 Å². The van der Waals surface area contributed by atoms with E-state index in [2.05, 4.69) is 13.1 Å². The molecular weight excluding hydrogens is 550 g/mol. The average Bonchev–Trinajstić information content (AvgIpc) is 2.82. The SMILES string of the molecule is O=c1ccn([C@@H]2C[C@H](COP(=O)(O)OP(=O)(O)OP(=O)(O)O)[C@H](O)C2(O)C(F)(F)F)c(=S)[nH]1. The summed E-state index contributed by atoms with van der Waals surface area (Å²) in [6.07, 6.45) is -8.15. The van der Waals surface area contributed by atoms with Crippen molar-refractivity contribution in [2.24, 2.45) is 5.92 Å². The number of H-pyrrole nitrogens is 1. The Balaban J connectivity index is 2.29. The zero-order chi connectivity index (χ0) is 25.6. The van der Waals surface area contributed by atoms with Crippen molar-refractivity contribution in [1.82, 2.24) is 9.55 Å². The van der Waals surface area contributed by atoms with E-state index in [1.54, 1.807) is 0 Å². The number of hydrogen-bond donors (Lipinski definition) is 7. The van der Waals surface area contributed by atoms with Crippen LogP contribution in [0.2, 0.25) is 0 Å². The van der Waals surface area contributed by atoms with Crippen LogP contribution >= 0.6 is 35.7 Å². The topological polar surface area (TPSA) is 238 Å². The van der Waals surface area contributed by atoms with E-state index < -0.39 is 76.7 Å². The number of aromatic nitrogens is 2. The van der Waals surface area contributed by atoms with Crippen LogP contribution in [-0.4, -0.2) is 63.8 Å².